The first-order valence-corrected chi connectivity index (χ1v) is 11.1. The van der Waals surface area contributed by atoms with E-state index in [1.54, 1.807) is 0 Å². The van der Waals surface area contributed by atoms with Gasteiger partial charge in [0.15, 0.2) is 6.20 Å². The predicted octanol–water partition coefficient (Wildman–Crippen LogP) is 6.34. The molecule has 0 aliphatic heterocycles. The summed E-state index contributed by atoms with van der Waals surface area (Å²) in [6.45, 7) is 2.28. The topological polar surface area (TPSA) is 11.5 Å². The molecule has 0 aliphatic rings. The number of pyridine rings is 2. The minimum absolute atomic E-state index is 1.22. The van der Waals surface area contributed by atoms with E-state index >= 15 is 0 Å². The Bertz CT molecular complexity index is 1870. The van der Waals surface area contributed by atoms with Crippen molar-refractivity contribution in [2.24, 2.45) is 7.05 Å². The Morgan fingerprint density at radius 1 is 0.750 bits per heavy atom. The van der Waals surface area contributed by atoms with Crippen LogP contribution in [0.4, 0.5) is 5.69 Å². The molecule has 4 aromatic carbocycles. The third-order valence-corrected chi connectivity index (χ3v) is 7.30. The second-order valence-electron chi connectivity index (χ2n) is 9.25. The fraction of sp³-hybridized carbons (Fsp3) is 0.138. The summed E-state index contributed by atoms with van der Waals surface area (Å²) >= 11 is 0. The molecule has 0 bridgehead atoms. The van der Waals surface area contributed by atoms with Crippen LogP contribution in [0.25, 0.3) is 59.8 Å². The number of aromatic nitrogens is 2. The van der Waals surface area contributed by atoms with E-state index in [9.17, 15) is 0 Å². The summed E-state index contributed by atoms with van der Waals surface area (Å²) in [4.78, 5) is 2.18. The standard InChI is InChI=1S/C29H24N3/c1-17-21-8-6-5-7-19(21)15-25-26(17)29-27-18(13-14-31(29)4)9-11-23-22-12-10-20(30(2)3)16-24(22)32(25)28(23)27/h5-16H,1-4H3/q+1. The van der Waals surface area contributed by atoms with Crippen LogP contribution in [-0.4, -0.2) is 18.5 Å². The maximum atomic E-state index is 2.52. The van der Waals surface area contributed by atoms with Gasteiger partial charge in [0.05, 0.1) is 27.3 Å². The molecule has 3 heteroatoms. The van der Waals surface area contributed by atoms with Crippen LogP contribution in [0.3, 0.4) is 0 Å². The number of benzene rings is 4. The van der Waals surface area contributed by atoms with Crippen LogP contribution in [0.1, 0.15) is 5.56 Å². The second kappa shape index (κ2) is 5.89. The molecular weight excluding hydrogens is 390 g/mol. The molecule has 3 heterocycles. The monoisotopic (exact) mass is 414 g/mol. The maximum Gasteiger partial charge on any atom is 0.224 e. The average molecular weight is 415 g/mol. The third kappa shape index (κ3) is 2.04. The molecule has 0 amide bonds. The Hall–Kier alpha value is -3.85. The molecule has 0 spiro atoms. The van der Waals surface area contributed by atoms with E-state index in [-0.39, 0.29) is 0 Å². The summed E-state index contributed by atoms with van der Waals surface area (Å²) in [6, 6.07) is 24.8. The SMILES string of the molecule is Cc1c2ccccc2cc2c1c1c3c(ccc4c5ccc(N(C)C)cc5n2c43)cc[n+]1C. The van der Waals surface area contributed by atoms with Gasteiger partial charge < -0.3 is 9.30 Å². The van der Waals surface area contributed by atoms with Gasteiger partial charge in [0, 0.05) is 36.6 Å². The lowest BCUT2D eigenvalue weighted by Crippen LogP contribution is -2.28. The Labute approximate surface area is 186 Å². The van der Waals surface area contributed by atoms with Gasteiger partial charge in [-0.05, 0) is 46.8 Å². The highest BCUT2D eigenvalue weighted by Crippen LogP contribution is 2.42. The van der Waals surface area contributed by atoms with Crippen LogP contribution >= 0.6 is 0 Å². The molecular formula is C29H24N3+. The normalized spacial score (nSPS) is 12.4. The maximum absolute atomic E-state index is 2.52. The van der Waals surface area contributed by atoms with Gasteiger partial charge in [-0.25, -0.2) is 4.57 Å². The zero-order valence-electron chi connectivity index (χ0n) is 18.8. The van der Waals surface area contributed by atoms with E-state index in [1.807, 2.05) is 0 Å². The largest absolute Gasteiger partial charge is 0.378 e. The number of aryl methyl sites for hydroxylation is 2. The fourth-order valence-corrected chi connectivity index (χ4v) is 5.76. The van der Waals surface area contributed by atoms with Gasteiger partial charge in [-0.2, -0.15) is 0 Å². The average Bonchev–Trinajstić information content (AvgIpc) is 3.14. The van der Waals surface area contributed by atoms with Crippen molar-refractivity contribution in [2.75, 3.05) is 19.0 Å². The number of anilines is 1. The molecule has 154 valence electrons. The van der Waals surface area contributed by atoms with Gasteiger partial charge in [0.25, 0.3) is 0 Å². The molecule has 32 heavy (non-hydrogen) atoms. The fourth-order valence-electron chi connectivity index (χ4n) is 5.76. The lowest BCUT2D eigenvalue weighted by Gasteiger charge is -2.15. The summed E-state index contributed by atoms with van der Waals surface area (Å²) in [6.07, 6.45) is 2.20. The Morgan fingerprint density at radius 3 is 2.41 bits per heavy atom. The van der Waals surface area contributed by atoms with Gasteiger partial charge in [-0.15, -0.1) is 0 Å². The zero-order chi connectivity index (χ0) is 21.7. The number of hydrogen-bond donors (Lipinski definition) is 0. The second-order valence-corrected chi connectivity index (χ2v) is 9.25. The number of rotatable bonds is 1. The smallest absolute Gasteiger partial charge is 0.224 e. The van der Waals surface area contributed by atoms with E-state index in [2.05, 4.69) is 115 Å². The quantitative estimate of drug-likeness (QED) is 0.173. The van der Waals surface area contributed by atoms with E-state index < -0.39 is 0 Å². The van der Waals surface area contributed by atoms with Crippen LogP contribution in [-0.2, 0) is 7.05 Å². The first kappa shape index (κ1) is 17.8. The molecule has 7 rings (SSSR count). The highest BCUT2D eigenvalue weighted by atomic mass is 15.1. The molecule has 0 N–H and O–H groups in total. The molecule has 0 fully saturated rings. The number of nitrogens with zero attached hydrogens (tertiary/aromatic N) is 3. The lowest BCUT2D eigenvalue weighted by atomic mass is 9.96. The first-order valence-electron chi connectivity index (χ1n) is 11.1. The van der Waals surface area contributed by atoms with Crippen LogP contribution in [0.5, 0.6) is 0 Å². The van der Waals surface area contributed by atoms with Crippen LogP contribution in [0, 0.1) is 6.92 Å². The van der Waals surface area contributed by atoms with Crippen molar-refractivity contribution in [2.45, 2.75) is 6.92 Å². The summed E-state index contributed by atoms with van der Waals surface area (Å²) in [5.74, 6) is 0. The van der Waals surface area contributed by atoms with Gasteiger partial charge in [-0.3, -0.25) is 0 Å². The van der Waals surface area contributed by atoms with Crippen molar-refractivity contribution in [1.29, 1.82) is 0 Å². The summed E-state index contributed by atoms with van der Waals surface area (Å²) in [7, 11) is 6.40. The summed E-state index contributed by atoms with van der Waals surface area (Å²) in [5, 5.41) is 9.22. The number of fused-ring (bicyclic) bond motifs is 7. The van der Waals surface area contributed by atoms with Gasteiger partial charge in [0.1, 0.15) is 7.05 Å². The minimum Gasteiger partial charge on any atom is -0.378 e. The molecule has 3 aromatic heterocycles. The molecule has 0 aliphatic carbocycles. The Balaban J connectivity index is 1.92. The zero-order valence-corrected chi connectivity index (χ0v) is 18.8. The molecule has 0 atom stereocenters. The molecule has 3 nitrogen and oxygen atoms in total. The summed E-state index contributed by atoms with van der Waals surface area (Å²) < 4.78 is 4.82. The molecule has 0 saturated heterocycles. The van der Waals surface area contributed by atoms with Crippen molar-refractivity contribution in [3.05, 3.63) is 78.5 Å². The van der Waals surface area contributed by atoms with E-state index in [4.69, 9.17) is 0 Å². The van der Waals surface area contributed by atoms with E-state index in [0.717, 1.165) is 0 Å². The minimum atomic E-state index is 1.22. The van der Waals surface area contributed by atoms with Crippen molar-refractivity contribution < 1.29 is 4.57 Å². The van der Waals surface area contributed by atoms with Gasteiger partial charge in [-0.1, -0.05) is 42.5 Å². The van der Waals surface area contributed by atoms with Crippen molar-refractivity contribution in [3.8, 4) is 0 Å². The van der Waals surface area contributed by atoms with Crippen LogP contribution in [0.15, 0.2) is 72.9 Å². The Morgan fingerprint density at radius 2 is 1.56 bits per heavy atom. The molecule has 0 radical (unpaired) electrons. The highest BCUT2D eigenvalue weighted by molar-refractivity contribution is 6.28. The molecule has 0 unspecified atom stereocenters. The molecule has 7 aromatic rings. The van der Waals surface area contributed by atoms with Gasteiger partial charge in [0.2, 0.25) is 5.52 Å². The third-order valence-electron chi connectivity index (χ3n) is 7.30. The van der Waals surface area contributed by atoms with Crippen molar-refractivity contribution in [3.63, 3.8) is 0 Å². The number of hydrogen-bond acceptors (Lipinski definition) is 1. The predicted molar refractivity (Wildman–Crippen MR) is 136 cm³/mol. The first-order chi connectivity index (χ1) is 15.5. The Kier molecular flexibility index (Phi) is 3.27. The van der Waals surface area contributed by atoms with Crippen molar-refractivity contribution >= 4 is 65.5 Å². The lowest BCUT2D eigenvalue weighted by molar-refractivity contribution is -0.643. The van der Waals surface area contributed by atoms with E-state index in [0.29, 0.717) is 0 Å². The highest BCUT2D eigenvalue weighted by Gasteiger charge is 2.24. The van der Waals surface area contributed by atoms with Gasteiger partial charge >= 0.3 is 0 Å². The van der Waals surface area contributed by atoms with Crippen LogP contribution in [0.2, 0.25) is 0 Å². The summed E-state index contributed by atoms with van der Waals surface area (Å²) in [5.41, 5.74) is 7.74. The van der Waals surface area contributed by atoms with E-state index in [1.165, 1.54) is 71.0 Å². The van der Waals surface area contributed by atoms with Crippen molar-refractivity contribution in [1.82, 2.24) is 4.40 Å². The molecule has 0 saturated carbocycles. The van der Waals surface area contributed by atoms with Crippen LogP contribution < -0.4 is 9.47 Å².